The summed E-state index contributed by atoms with van der Waals surface area (Å²) in [7, 11) is 9.99. The predicted molar refractivity (Wildman–Crippen MR) is 327 cm³/mol. The molecule has 0 saturated heterocycles. The van der Waals surface area contributed by atoms with Crippen LogP contribution < -0.4 is 46.1 Å². The van der Waals surface area contributed by atoms with Crippen molar-refractivity contribution in [2.75, 3.05) is 74.4 Å². The minimum Gasteiger partial charge on any atom is -0.480 e. The Morgan fingerprint density at radius 1 is 0.471 bits per heavy atom. The smallest absolute Gasteiger partial charge is 0.237 e. The number of ketones is 3. The maximum Gasteiger partial charge on any atom is 0.237 e. The van der Waals surface area contributed by atoms with Gasteiger partial charge < -0.3 is 61.4 Å². The Balaban J connectivity index is 0.000000144. The first-order valence-electron chi connectivity index (χ1n) is 28.9. The largest absolute Gasteiger partial charge is 0.480 e. The van der Waals surface area contributed by atoms with E-state index in [0.29, 0.717) is 123 Å². The van der Waals surface area contributed by atoms with Crippen LogP contribution in [0, 0.1) is 17.8 Å². The summed E-state index contributed by atoms with van der Waals surface area (Å²) in [5, 5.41) is 62.0. The summed E-state index contributed by atoms with van der Waals surface area (Å²) < 4.78 is 20.6. The van der Waals surface area contributed by atoms with Crippen LogP contribution in [0.25, 0.3) is 16.9 Å². The monoisotopic (exact) mass is 1190 g/mol. The average Bonchev–Trinajstić information content (AvgIpc) is 4.43. The maximum absolute atomic E-state index is 12.9. The molecule has 9 N–H and O–H groups in total. The molecule has 0 spiro atoms. The van der Waals surface area contributed by atoms with Crippen LogP contribution in [0.2, 0.25) is 0 Å². The number of nitrogens with one attached hydrogen (secondary N) is 6. The lowest BCUT2D eigenvalue weighted by atomic mass is 9.96. The molecular weight excluding hydrogens is 1120 g/mol. The molecule has 9 heterocycles. The molecule has 9 aromatic rings. The minimum absolute atomic E-state index is 0.00202. The number of carbonyl (C=O) groups is 3. The second-order valence-electron chi connectivity index (χ2n) is 21.4. The van der Waals surface area contributed by atoms with Crippen molar-refractivity contribution in [3.05, 3.63) is 108 Å². The standard InChI is InChI=1S/3C20H24N6O3/c3*1-21-18-10-17(24-14-6-4-8-22-20(14)29-2)25-19-13(11-23-26(18)19)16(28)9-12-5-3-7-15(12)27/h3*4,6,8,10-12,15,21,27H,3,5,7,9H2,1-2H3,(H,24,25)/t12?,15-;2*12-,15+/m110/s1. The lowest BCUT2D eigenvalue weighted by molar-refractivity contribution is 0.0865. The molecule has 1 unspecified atom stereocenters. The van der Waals surface area contributed by atoms with E-state index in [1.807, 2.05) is 18.2 Å². The van der Waals surface area contributed by atoms with Crippen molar-refractivity contribution >= 4 is 86.3 Å². The van der Waals surface area contributed by atoms with E-state index in [1.54, 1.807) is 130 Å². The molecular formula is C60H72N18O9. The molecule has 87 heavy (non-hydrogen) atoms. The van der Waals surface area contributed by atoms with Gasteiger partial charge in [0.15, 0.2) is 34.3 Å². The van der Waals surface area contributed by atoms with Crippen LogP contribution in [0.1, 0.15) is 108 Å². The van der Waals surface area contributed by atoms with E-state index >= 15 is 0 Å². The molecule has 9 aromatic heterocycles. The van der Waals surface area contributed by atoms with E-state index < -0.39 is 18.3 Å². The second-order valence-corrected chi connectivity index (χ2v) is 21.4. The quantitative estimate of drug-likeness (QED) is 0.0308. The first kappa shape index (κ1) is 60.5. The number of anilines is 9. The lowest BCUT2D eigenvalue weighted by Gasteiger charge is -2.13. The fourth-order valence-corrected chi connectivity index (χ4v) is 11.4. The molecule has 3 aliphatic rings. The van der Waals surface area contributed by atoms with Gasteiger partial charge in [-0.15, -0.1) is 0 Å². The molecule has 3 aliphatic carbocycles. The van der Waals surface area contributed by atoms with E-state index in [9.17, 15) is 29.7 Å². The van der Waals surface area contributed by atoms with Gasteiger partial charge in [-0.05, 0) is 92.7 Å². The van der Waals surface area contributed by atoms with Crippen LogP contribution in [0.3, 0.4) is 0 Å². The number of nitrogens with zero attached hydrogens (tertiary/aromatic N) is 12. The van der Waals surface area contributed by atoms with E-state index in [0.717, 1.165) is 57.8 Å². The van der Waals surface area contributed by atoms with Crippen molar-refractivity contribution in [1.29, 1.82) is 0 Å². The Kier molecular flexibility index (Phi) is 19.2. The number of rotatable bonds is 21. The van der Waals surface area contributed by atoms with E-state index in [4.69, 9.17) is 14.2 Å². The zero-order chi connectivity index (χ0) is 61.1. The molecule has 456 valence electrons. The SMILES string of the molecule is CNc1cc(Nc2cccnc2OC)nc2c(C(=O)CC3CCC[C@H]3O)cnn12.CNc1cc(Nc2cccnc2OC)nc2c(C(=O)C[C@@H]3CCC[C@H]3O)cnn12.CNc1cc(Nc2cccnc2OC)nc2c(C(=O)C[C@H]3CCC[C@@H]3O)cnn12. The fourth-order valence-electron chi connectivity index (χ4n) is 11.4. The van der Waals surface area contributed by atoms with E-state index in [2.05, 4.69) is 77.1 Å². The van der Waals surface area contributed by atoms with Crippen LogP contribution in [0.5, 0.6) is 17.6 Å². The van der Waals surface area contributed by atoms with Crippen molar-refractivity contribution in [1.82, 2.24) is 58.7 Å². The summed E-state index contributed by atoms with van der Waals surface area (Å²) in [6, 6.07) is 16.3. The highest BCUT2D eigenvalue weighted by Gasteiger charge is 2.32. The Morgan fingerprint density at radius 3 is 1.00 bits per heavy atom. The maximum atomic E-state index is 12.9. The molecule has 0 aliphatic heterocycles. The molecule has 27 nitrogen and oxygen atoms in total. The van der Waals surface area contributed by atoms with Crippen molar-refractivity contribution in [2.24, 2.45) is 17.8 Å². The van der Waals surface area contributed by atoms with Gasteiger partial charge in [0.05, 0.1) is 74.9 Å². The fraction of sp³-hybridized carbons (Fsp3) is 0.400. The number of aliphatic hydroxyl groups excluding tert-OH is 3. The molecule has 0 bridgehead atoms. The molecule has 0 aromatic carbocycles. The highest BCUT2D eigenvalue weighted by Crippen LogP contribution is 2.35. The van der Waals surface area contributed by atoms with Crippen LogP contribution >= 0.6 is 0 Å². The van der Waals surface area contributed by atoms with Gasteiger partial charge in [0.25, 0.3) is 0 Å². The van der Waals surface area contributed by atoms with Gasteiger partial charge in [-0.3, -0.25) is 14.4 Å². The Morgan fingerprint density at radius 2 is 0.759 bits per heavy atom. The highest BCUT2D eigenvalue weighted by atomic mass is 16.5. The zero-order valence-electron chi connectivity index (χ0n) is 49.3. The number of aromatic nitrogens is 12. The summed E-state index contributed by atoms with van der Waals surface area (Å²) in [5.41, 5.74) is 4.70. The van der Waals surface area contributed by atoms with Crippen molar-refractivity contribution in [3.63, 3.8) is 0 Å². The van der Waals surface area contributed by atoms with Gasteiger partial charge in [0.2, 0.25) is 17.6 Å². The summed E-state index contributed by atoms with van der Waals surface area (Å²) in [5.74, 6) is 4.80. The molecule has 3 fully saturated rings. The third-order valence-corrected chi connectivity index (χ3v) is 16.0. The topological polar surface area (TPSA) is 341 Å². The Hall–Kier alpha value is -9.60. The highest BCUT2D eigenvalue weighted by molar-refractivity contribution is 6.03. The number of fused-ring (bicyclic) bond motifs is 3. The van der Waals surface area contributed by atoms with Crippen molar-refractivity contribution in [3.8, 4) is 17.6 Å². The first-order chi connectivity index (χ1) is 42.3. The zero-order valence-corrected chi connectivity index (χ0v) is 49.3. The number of hydrogen-bond donors (Lipinski definition) is 9. The van der Waals surface area contributed by atoms with Gasteiger partial charge in [0.1, 0.15) is 52.0 Å². The number of aliphatic hydroxyl groups is 3. The number of carbonyl (C=O) groups excluding carboxylic acids is 3. The number of pyridine rings is 3. The van der Waals surface area contributed by atoms with Crippen molar-refractivity contribution < 1.29 is 43.9 Å². The Labute approximate surface area is 500 Å². The summed E-state index contributed by atoms with van der Waals surface area (Å²) in [6.45, 7) is 0. The first-order valence-corrected chi connectivity index (χ1v) is 28.9. The number of Topliss-reactive ketones (excluding diaryl/α,β-unsaturated/α-hetero) is 3. The molecule has 6 atom stereocenters. The van der Waals surface area contributed by atoms with Gasteiger partial charge >= 0.3 is 0 Å². The predicted octanol–water partition coefficient (Wildman–Crippen LogP) is 7.96. The van der Waals surface area contributed by atoms with Crippen molar-refractivity contribution in [2.45, 2.75) is 95.4 Å². The molecule has 0 radical (unpaired) electrons. The Bertz CT molecular complexity index is 3500. The second kappa shape index (κ2) is 27.6. The van der Waals surface area contributed by atoms with E-state index in [-0.39, 0.29) is 35.1 Å². The van der Waals surface area contributed by atoms with Crippen LogP contribution in [0.15, 0.2) is 91.8 Å². The summed E-state index contributed by atoms with van der Waals surface area (Å²) in [6.07, 6.45) is 17.0. The molecule has 0 amide bonds. The molecule has 12 rings (SSSR count). The minimum atomic E-state index is -0.406. The number of ether oxygens (including phenoxy) is 3. The van der Waals surface area contributed by atoms with Crippen LogP contribution in [-0.2, 0) is 0 Å². The summed E-state index contributed by atoms with van der Waals surface area (Å²) >= 11 is 0. The number of methoxy groups -OCH3 is 3. The third-order valence-electron chi connectivity index (χ3n) is 16.0. The van der Waals surface area contributed by atoms with Gasteiger partial charge in [-0.25, -0.2) is 29.9 Å². The van der Waals surface area contributed by atoms with Gasteiger partial charge in [-0.2, -0.15) is 28.8 Å². The molecule has 3 saturated carbocycles. The van der Waals surface area contributed by atoms with Gasteiger partial charge in [0, 0.05) is 77.2 Å². The normalized spacial score (nSPS) is 18.7. The average molecular weight is 1190 g/mol. The van der Waals surface area contributed by atoms with Gasteiger partial charge in [-0.1, -0.05) is 19.3 Å². The van der Waals surface area contributed by atoms with Crippen LogP contribution in [-0.4, -0.2) is 152 Å². The van der Waals surface area contributed by atoms with Crippen LogP contribution in [0.4, 0.5) is 52.0 Å². The lowest BCUT2D eigenvalue weighted by Crippen LogP contribution is -2.17. The van der Waals surface area contributed by atoms with E-state index in [1.165, 1.54) is 0 Å². The number of hydrogen-bond acceptors (Lipinski definition) is 24. The summed E-state index contributed by atoms with van der Waals surface area (Å²) in [4.78, 5) is 65.1. The molecule has 27 heteroatoms. The third kappa shape index (κ3) is 13.6.